The molecule has 2 aromatic carbocycles. The Balaban J connectivity index is 1.70. The van der Waals surface area contributed by atoms with Crippen LogP contribution in [0.2, 0.25) is 5.02 Å². The summed E-state index contributed by atoms with van der Waals surface area (Å²) in [6, 6.07) is 13.0. The highest BCUT2D eigenvalue weighted by molar-refractivity contribution is 6.30. The fraction of sp³-hybridized carbons (Fsp3) is 0.423. The van der Waals surface area contributed by atoms with E-state index < -0.39 is 6.04 Å². The fourth-order valence-corrected chi connectivity index (χ4v) is 4.16. The minimum Gasteiger partial charge on any atom is -0.497 e. The van der Waals surface area contributed by atoms with Gasteiger partial charge in [0.2, 0.25) is 5.91 Å². The van der Waals surface area contributed by atoms with Crippen molar-refractivity contribution >= 4 is 29.3 Å². The zero-order valence-electron chi connectivity index (χ0n) is 19.8. The summed E-state index contributed by atoms with van der Waals surface area (Å²) in [4.78, 5) is 40.8. The Hall–Kier alpha value is -3.06. The average molecular weight is 486 g/mol. The molecule has 0 bridgehead atoms. The van der Waals surface area contributed by atoms with E-state index in [9.17, 15) is 14.4 Å². The number of likely N-dealkylation sites (tertiary alicyclic amines) is 1. The van der Waals surface area contributed by atoms with Crippen LogP contribution in [0.1, 0.15) is 53.8 Å². The summed E-state index contributed by atoms with van der Waals surface area (Å²) in [5.41, 5.74) is 1.01. The molecule has 0 unspecified atom stereocenters. The number of halogens is 1. The molecule has 3 amide bonds. The molecule has 0 spiro atoms. The molecule has 2 atom stereocenters. The summed E-state index contributed by atoms with van der Waals surface area (Å²) >= 11 is 5.93. The van der Waals surface area contributed by atoms with Crippen molar-refractivity contribution in [2.75, 3.05) is 20.2 Å². The predicted octanol–water partition coefficient (Wildman–Crippen LogP) is 3.91. The Morgan fingerprint density at radius 2 is 1.74 bits per heavy atom. The number of methoxy groups -OCH3 is 1. The molecule has 7 nitrogen and oxygen atoms in total. The van der Waals surface area contributed by atoms with Crippen molar-refractivity contribution in [1.29, 1.82) is 0 Å². The Kier molecular flexibility index (Phi) is 8.93. The van der Waals surface area contributed by atoms with Gasteiger partial charge in [-0.05, 0) is 74.6 Å². The lowest BCUT2D eigenvalue weighted by Crippen LogP contribution is -2.55. The van der Waals surface area contributed by atoms with Crippen molar-refractivity contribution in [1.82, 2.24) is 15.5 Å². The Labute approximate surface area is 205 Å². The van der Waals surface area contributed by atoms with E-state index in [4.69, 9.17) is 16.3 Å². The maximum absolute atomic E-state index is 13.1. The third kappa shape index (κ3) is 6.50. The lowest BCUT2D eigenvalue weighted by atomic mass is 9.88. The van der Waals surface area contributed by atoms with Crippen LogP contribution in [-0.2, 0) is 4.79 Å². The van der Waals surface area contributed by atoms with E-state index in [0.717, 1.165) is 6.42 Å². The van der Waals surface area contributed by atoms with Gasteiger partial charge in [0, 0.05) is 35.3 Å². The number of nitrogens with one attached hydrogen (secondary N) is 2. The van der Waals surface area contributed by atoms with Crippen molar-refractivity contribution in [3.63, 3.8) is 0 Å². The number of nitrogens with zero attached hydrogens (tertiary/aromatic N) is 1. The smallest absolute Gasteiger partial charge is 0.253 e. The van der Waals surface area contributed by atoms with Crippen LogP contribution in [0.15, 0.2) is 48.5 Å². The van der Waals surface area contributed by atoms with Gasteiger partial charge in [-0.15, -0.1) is 0 Å². The van der Waals surface area contributed by atoms with Crippen molar-refractivity contribution in [3.8, 4) is 5.75 Å². The molecule has 1 aliphatic rings. The topological polar surface area (TPSA) is 87.7 Å². The number of hydrogen-bond donors (Lipinski definition) is 2. The molecule has 2 N–H and O–H groups in total. The van der Waals surface area contributed by atoms with Crippen molar-refractivity contribution in [3.05, 3.63) is 64.7 Å². The summed E-state index contributed by atoms with van der Waals surface area (Å²) in [5.74, 6) is -0.109. The molecule has 182 valence electrons. The second kappa shape index (κ2) is 11.9. The van der Waals surface area contributed by atoms with Gasteiger partial charge in [-0.2, -0.15) is 0 Å². The largest absolute Gasteiger partial charge is 0.497 e. The first-order valence-corrected chi connectivity index (χ1v) is 12.0. The minimum absolute atomic E-state index is 0.00436. The van der Waals surface area contributed by atoms with Crippen molar-refractivity contribution in [2.24, 2.45) is 5.92 Å². The molecule has 8 heteroatoms. The van der Waals surface area contributed by atoms with E-state index in [-0.39, 0.29) is 29.7 Å². The van der Waals surface area contributed by atoms with Gasteiger partial charge in [0.1, 0.15) is 11.8 Å². The summed E-state index contributed by atoms with van der Waals surface area (Å²) in [6.07, 6.45) is 2.00. The molecule has 0 aliphatic carbocycles. The number of ether oxygens (including phenoxy) is 1. The first-order chi connectivity index (χ1) is 16.3. The van der Waals surface area contributed by atoms with E-state index in [1.807, 2.05) is 13.8 Å². The average Bonchev–Trinajstić information content (AvgIpc) is 2.87. The summed E-state index contributed by atoms with van der Waals surface area (Å²) < 4.78 is 5.21. The molecule has 3 rings (SSSR count). The molecule has 0 saturated carbocycles. The highest BCUT2D eigenvalue weighted by Gasteiger charge is 2.34. The summed E-state index contributed by atoms with van der Waals surface area (Å²) in [6.45, 7) is 4.95. The van der Waals surface area contributed by atoms with Gasteiger partial charge in [0.15, 0.2) is 0 Å². The van der Waals surface area contributed by atoms with Crippen molar-refractivity contribution in [2.45, 2.75) is 45.2 Å². The van der Waals surface area contributed by atoms with Gasteiger partial charge in [0.05, 0.1) is 7.11 Å². The van der Waals surface area contributed by atoms with Gasteiger partial charge in [-0.3, -0.25) is 14.4 Å². The van der Waals surface area contributed by atoms with Crippen LogP contribution in [-0.4, -0.2) is 54.9 Å². The Bertz CT molecular complexity index is 1000. The Morgan fingerprint density at radius 3 is 2.35 bits per heavy atom. The number of rotatable bonds is 8. The molecular weight excluding hydrogens is 454 g/mol. The highest BCUT2D eigenvalue weighted by atomic mass is 35.5. The third-order valence-corrected chi connectivity index (χ3v) is 6.54. The number of carbonyl (C=O) groups is 3. The van der Waals surface area contributed by atoms with Crippen LogP contribution in [0.25, 0.3) is 0 Å². The van der Waals surface area contributed by atoms with Gasteiger partial charge in [-0.1, -0.05) is 24.6 Å². The number of hydrogen-bond acceptors (Lipinski definition) is 4. The normalized spacial score (nSPS) is 15.8. The monoisotopic (exact) mass is 485 g/mol. The number of carbonyl (C=O) groups excluding carboxylic acids is 3. The predicted molar refractivity (Wildman–Crippen MR) is 132 cm³/mol. The summed E-state index contributed by atoms with van der Waals surface area (Å²) in [7, 11) is 1.54. The van der Waals surface area contributed by atoms with Crippen LogP contribution in [0.4, 0.5) is 0 Å². The van der Waals surface area contributed by atoms with Gasteiger partial charge >= 0.3 is 0 Å². The standard InChI is InChI=1S/C26H32ClN3O4/c1-4-17(2)28-25(32)23(29-24(31)20-6-5-7-22(16-20)34-3)18-12-14-30(15-13-18)26(33)19-8-10-21(27)11-9-19/h5-11,16-18,23H,4,12-15H2,1-3H3,(H,28,32)(H,29,31)/t17-,23+/m1/s1. The fourth-order valence-electron chi connectivity index (χ4n) is 4.03. The van der Waals surface area contributed by atoms with Crippen LogP contribution in [0.3, 0.4) is 0 Å². The van der Waals surface area contributed by atoms with Crippen molar-refractivity contribution < 1.29 is 19.1 Å². The van der Waals surface area contributed by atoms with E-state index in [1.54, 1.807) is 60.5 Å². The molecule has 1 saturated heterocycles. The lowest BCUT2D eigenvalue weighted by molar-refractivity contribution is -0.125. The van der Waals surface area contributed by atoms with Crippen LogP contribution in [0, 0.1) is 5.92 Å². The SMILES string of the molecule is CC[C@@H](C)NC(=O)[C@@H](NC(=O)c1cccc(OC)c1)C1CCN(C(=O)c2ccc(Cl)cc2)CC1. The highest BCUT2D eigenvalue weighted by Crippen LogP contribution is 2.24. The molecule has 0 aromatic heterocycles. The zero-order chi connectivity index (χ0) is 24.7. The minimum atomic E-state index is -0.694. The van der Waals surface area contributed by atoms with Gasteiger partial charge in [-0.25, -0.2) is 0 Å². The van der Waals surface area contributed by atoms with Gasteiger partial charge in [0.25, 0.3) is 11.8 Å². The maximum Gasteiger partial charge on any atom is 0.253 e. The first kappa shape index (κ1) is 25.6. The zero-order valence-corrected chi connectivity index (χ0v) is 20.6. The second-order valence-electron chi connectivity index (χ2n) is 8.64. The molecule has 2 aromatic rings. The van der Waals surface area contributed by atoms with E-state index in [0.29, 0.717) is 47.8 Å². The number of piperidine rings is 1. The lowest BCUT2D eigenvalue weighted by Gasteiger charge is -2.36. The van der Waals surface area contributed by atoms with Gasteiger partial charge < -0.3 is 20.3 Å². The molecular formula is C26H32ClN3O4. The quantitative estimate of drug-likeness (QED) is 0.593. The molecule has 1 aliphatic heterocycles. The van der Waals surface area contributed by atoms with Crippen LogP contribution in [0.5, 0.6) is 5.75 Å². The molecule has 1 fully saturated rings. The Morgan fingerprint density at radius 1 is 1.06 bits per heavy atom. The maximum atomic E-state index is 13.1. The number of benzene rings is 2. The molecule has 1 heterocycles. The second-order valence-corrected chi connectivity index (χ2v) is 9.07. The van der Waals surface area contributed by atoms with E-state index in [1.165, 1.54) is 0 Å². The first-order valence-electron chi connectivity index (χ1n) is 11.6. The molecule has 34 heavy (non-hydrogen) atoms. The van der Waals surface area contributed by atoms with E-state index >= 15 is 0 Å². The third-order valence-electron chi connectivity index (χ3n) is 6.29. The van der Waals surface area contributed by atoms with Crippen LogP contribution >= 0.6 is 11.6 Å². The number of amides is 3. The van der Waals surface area contributed by atoms with Crippen LogP contribution < -0.4 is 15.4 Å². The summed E-state index contributed by atoms with van der Waals surface area (Å²) in [5, 5.41) is 6.52. The molecule has 0 radical (unpaired) electrons. The van der Waals surface area contributed by atoms with E-state index in [2.05, 4.69) is 10.6 Å².